The van der Waals surface area contributed by atoms with Gasteiger partial charge in [0, 0.05) is 0 Å². The van der Waals surface area contributed by atoms with Crippen molar-refractivity contribution >= 4 is 46.6 Å². The molecule has 0 spiro atoms. The monoisotopic (exact) mass is 481 g/mol. The molecule has 3 rings (SSSR count). The number of carboxylic acids is 1. The molecule has 0 radical (unpaired) electrons. The first kappa shape index (κ1) is 23.4. The van der Waals surface area contributed by atoms with E-state index in [1.807, 2.05) is 0 Å². The maximum absolute atomic E-state index is 12.9. The number of ether oxygens (including phenoxy) is 3. The SMILES string of the molecule is COc1cc(/C=C2\SC(=O)N(CCOc3ccc(F)cc3)C2=O)cc(Cl)c1OCC(=O)O. The Balaban J connectivity index is 1.70. The molecule has 2 amide bonds. The second-order valence-corrected chi connectivity index (χ2v) is 7.75. The molecular formula is C21H17ClFNO7S. The van der Waals surface area contributed by atoms with E-state index in [-0.39, 0.29) is 34.6 Å². The van der Waals surface area contributed by atoms with Crippen molar-refractivity contribution in [3.63, 3.8) is 0 Å². The van der Waals surface area contributed by atoms with Gasteiger partial charge < -0.3 is 19.3 Å². The number of amides is 2. The highest BCUT2D eigenvalue weighted by Crippen LogP contribution is 2.39. The normalized spacial score (nSPS) is 14.7. The third-order valence-electron chi connectivity index (χ3n) is 4.16. The van der Waals surface area contributed by atoms with Crippen LogP contribution in [0.25, 0.3) is 6.08 Å². The van der Waals surface area contributed by atoms with Crippen molar-refractivity contribution in [1.29, 1.82) is 0 Å². The number of aliphatic carboxylic acids is 1. The predicted molar refractivity (Wildman–Crippen MR) is 116 cm³/mol. The van der Waals surface area contributed by atoms with Crippen LogP contribution >= 0.6 is 23.4 Å². The number of carbonyl (C=O) groups excluding carboxylic acids is 2. The summed E-state index contributed by atoms with van der Waals surface area (Å²) in [4.78, 5) is 36.9. The summed E-state index contributed by atoms with van der Waals surface area (Å²) >= 11 is 6.94. The van der Waals surface area contributed by atoms with Gasteiger partial charge in [0.25, 0.3) is 11.1 Å². The van der Waals surface area contributed by atoms with Crippen LogP contribution in [0.2, 0.25) is 5.02 Å². The molecular weight excluding hydrogens is 465 g/mol. The fraction of sp³-hybridized carbons (Fsp3) is 0.190. The third-order valence-corrected chi connectivity index (χ3v) is 5.35. The van der Waals surface area contributed by atoms with Gasteiger partial charge in [0.05, 0.1) is 23.6 Å². The van der Waals surface area contributed by atoms with Gasteiger partial charge >= 0.3 is 5.97 Å². The first-order valence-electron chi connectivity index (χ1n) is 9.14. The summed E-state index contributed by atoms with van der Waals surface area (Å²) in [5, 5.41) is 8.40. The largest absolute Gasteiger partial charge is 0.493 e. The van der Waals surface area contributed by atoms with Crippen molar-refractivity contribution in [3.05, 3.63) is 57.7 Å². The van der Waals surface area contributed by atoms with Gasteiger partial charge in [0.1, 0.15) is 18.2 Å². The summed E-state index contributed by atoms with van der Waals surface area (Å²) in [7, 11) is 1.36. The summed E-state index contributed by atoms with van der Waals surface area (Å²) in [6, 6.07) is 8.36. The minimum absolute atomic E-state index is 0.0193. The maximum Gasteiger partial charge on any atom is 0.341 e. The van der Waals surface area contributed by atoms with Crippen LogP contribution in [0.5, 0.6) is 17.2 Å². The second kappa shape index (κ2) is 10.4. The Morgan fingerprint density at radius 3 is 2.59 bits per heavy atom. The average molecular weight is 482 g/mol. The van der Waals surface area contributed by atoms with Crippen LogP contribution in [-0.4, -0.2) is 54.0 Å². The molecule has 1 N–H and O–H groups in total. The summed E-state index contributed by atoms with van der Waals surface area (Å²) in [5.41, 5.74) is 0.461. The van der Waals surface area contributed by atoms with E-state index in [9.17, 15) is 18.8 Å². The molecule has 1 aliphatic rings. The molecule has 2 aromatic carbocycles. The minimum Gasteiger partial charge on any atom is -0.493 e. The second-order valence-electron chi connectivity index (χ2n) is 6.35. The third kappa shape index (κ3) is 5.71. The molecule has 1 saturated heterocycles. The number of benzene rings is 2. The quantitative estimate of drug-likeness (QED) is 0.535. The fourth-order valence-electron chi connectivity index (χ4n) is 2.73. The molecule has 11 heteroatoms. The lowest BCUT2D eigenvalue weighted by Gasteiger charge is -2.13. The maximum atomic E-state index is 12.9. The zero-order valence-electron chi connectivity index (χ0n) is 16.7. The molecule has 0 atom stereocenters. The summed E-state index contributed by atoms with van der Waals surface area (Å²) < 4.78 is 28.7. The van der Waals surface area contributed by atoms with Gasteiger partial charge in [-0.2, -0.15) is 0 Å². The van der Waals surface area contributed by atoms with Gasteiger partial charge in [-0.05, 0) is 59.8 Å². The van der Waals surface area contributed by atoms with Crippen molar-refractivity contribution in [2.45, 2.75) is 0 Å². The molecule has 1 fully saturated rings. The molecule has 32 heavy (non-hydrogen) atoms. The van der Waals surface area contributed by atoms with E-state index in [2.05, 4.69) is 0 Å². The summed E-state index contributed by atoms with van der Waals surface area (Å²) in [5.74, 6) is -1.42. The first-order valence-corrected chi connectivity index (χ1v) is 10.3. The van der Waals surface area contributed by atoms with Crippen LogP contribution in [0.3, 0.4) is 0 Å². The van der Waals surface area contributed by atoms with E-state index in [1.54, 1.807) is 0 Å². The average Bonchev–Trinajstić information content (AvgIpc) is 3.01. The van der Waals surface area contributed by atoms with E-state index in [1.165, 1.54) is 49.6 Å². The Labute approximate surface area is 191 Å². The van der Waals surface area contributed by atoms with Crippen molar-refractivity contribution in [2.75, 3.05) is 26.9 Å². The van der Waals surface area contributed by atoms with Gasteiger partial charge in [-0.3, -0.25) is 14.5 Å². The number of thioether (sulfide) groups is 1. The van der Waals surface area contributed by atoms with Gasteiger partial charge in [-0.25, -0.2) is 9.18 Å². The van der Waals surface area contributed by atoms with Gasteiger partial charge in [-0.15, -0.1) is 0 Å². The molecule has 168 valence electrons. The topological polar surface area (TPSA) is 102 Å². The van der Waals surface area contributed by atoms with Crippen molar-refractivity contribution in [2.24, 2.45) is 0 Å². The van der Waals surface area contributed by atoms with Crippen LogP contribution in [-0.2, 0) is 9.59 Å². The van der Waals surface area contributed by atoms with E-state index >= 15 is 0 Å². The van der Waals surface area contributed by atoms with Crippen LogP contribution < -0.4 is 14.2 Å². The Kier molecular flexibility index (Phi) is 7.60. The molecule has 1 heterocycles. The number of nitrogens with zero attached hydrogens (tertiary/aromatic N) is 1. The molecule has 8 nitrogen and oxygen atoms in total. The lowest BCUT2D eigenvalue weighted by Crippen LogP contribution is -2.32. The molecule has 0 aromatic heterocycles. The predicted octanol–water partition coefficient (Wildman–Crippen LogP) is 4.07. The molecule has 1 aliphatic heterocycles. The standard InChI is InChI=1S/C21H17ClFNO7S/c1-29-16-9-12(8-15(22)19(16)31-11-18(25)26)10-17-20(27)24(21(28)32-17)6-7-30-14-4-2-13(23)3-5-14/h2-5,8-10H,6-7,11H2,1H3,(H,25,26)/b17-10-. The molecule has 0 unspecified atom stereocenters. The Morgan fingerprint density at radius 2 is 1.94 bits per heavy atom. The lowest BCUT2D eigenvalue weighted by molar-refractivity contribution is -0.139. The lowest BCUT2D eigenvalue weighted by atomic mass is 10.1. The smallest absolute Gasteiger partial charge is 0.341 e. The number of hydrogen-bond donors (Lipinski definition) is 1. The Hall–Kier alpha value is -3.24. The van der Waals surface area contributed by atoms with E-state index < -0.39 is 29.5 Å². The van der Waals surface area contributed by atoms with Gasteiger partial charge in [0.15, 0.2) is 18.1 Å². The Bertz CT molecular complexity index is 1070. The van der Waals surface area contributed by atoms with Gasteiger partial charge in [0.2, 0.25) is 0 Å². The fourth-order valence-corrected chi connectivity index (χ4v) is 3.87. The van der Waals surface area contributed by atoms with E-state index in [0.717, 1.165) is 16.7 Å². The number of hydrogen-bond acceptors (Lipinski definition) is 7. The van der Waals surface area contributed by atoms with E-state index in [0.29, 0.717) is 11.3 Å². The van der Waals surface area contributed by atoms with E-state index in [4.69, 9.17) is 30.9 Å². The molecule has 2 aromatic rings. The number of halogens is 2. The number of methoxy groups -OCH3 is 1. The summed E-state index contributed by atoms with van der Waals surface area (Å²) in [6.07, 6.45) is 1.47. The Morgan fingerprint density at radius 1 is 1.22 bits per heavy atom. The number of carboxylic acid groups (broad SMARTS) is 1. The summed E-state index contributed by atoms with van der Waals surface area (Å²) in [6.45, 7) is -0.536. The molecule has 0 bridgehead atoms. The van der Waals surface area contributed by atoms with Crippen molar-refractivity contribution < 1.29 is 38.1 Å². The molecule has 0 aliphatic carbocycles. The number of imide groups is 1. The zero-order chi connectivity index (χ0) is 23.3. The number of carbonyl (C=O) groups is 3. The van der Waals surface area contributed by atoms with Crippen LogP contribution in [0.1, 0.15) is 5.56 Å². The molecule has 0 saturated carbocycles. The van der Waals surface area contributed by atoms with Crippen molar-refractivity contribution in [3.8, 4) is 17.2 Å². The highest BCUT2D eigenvalue weighted by atomic mass is 35.5. The highest BCUT2D eigenvalue weighted by Gasteiger charge is 2.35. The van der Waals surface area contributed by atoms with Gasteiger partial charge in [-0.1, -0.05) is 11.6 Å². The highest BCUT2D eigenvalue weighted by molar-refractivity contribution is 8.18. The van der Waals surface area contributed by atoms with Crippen LogP contribution in [0.4, 0.5) is 9.18 Å². The first-order chi connectivity index (χ1) is 15.3. The minimum atomic E-state index is -1.18. The van der Waals surface area contributed by atoms with Crippen molar-refractivity contribution in [1.82, 2.24) is 4.90 Å². The van der Waals surface area contributed by atoms with Crippen LogP contribution in [0.15, 0.2) is 41.3 Å². The zero-order valence-corrected chi connectivity index (χ0v) is 18.2. The van der Waals surface area contributed by atoms with Crippen LogP contribution in [0, 0.1) is 5.82 Å². The number of rotatable bonds is 9.